The Hall–Kier alpha value is -1.40. The smallest absolute Gasteiger partial charge is 0.407 e. The Balaban J connectivity index is 2.13. The number of fused-ring (bicyclic) bond motifs is 3. The van der Waals surface area contributed by atoms with Gasteiger partial charge in [-0.15, -0.1) is 21.5 Å². The van der Waals surface area contributed by atoms with Crippen LogP contribution < -0.4 is 0 Å². The number of rotatable bonds is 0. The van der Waals surface area contributed by atoms with Crippen molar-refractivity contribution in [3.05, 3.63) is 21.7 Å². The van der Waals surface area contributed by atoms with Crippen molar-refractivity contribution in [1.82, 2.24) is 15.1 Å². The molecular weight excluding hydrogens is 262 g/mol. The molecule has 1 aliphatic heterocycles. The van der Waals surface area contributed by atoms with Crippen LogP contribution in [0.15, 0.2) is 6.07 Å². The Bertz CT molecular complexity index is 613. The molecule has 1 N–H and O–H groups in total. The molecule has 0 atom stereocenters. The lowest BCUT2D eigenvalue weighted by Gasteiger charge is -2.24. The first-order chi connectivity index (χ1) is 8.15. The molecule has 2 aromatic rings. The van der Waals surface area contributed by atoms with Crippen molar-refractivity contribution < 1.29 is 9.90 Å². The van der Waals surface area contributed by atoms with Crippen LogP contribution in [0.5, 0.6) is 0 Å². The predicted octanol–water partition coefficient (Wildman–Crippen LogP) is 2.38. The number of thiophene rings is 1. The van der Waals surface area contributed by atoms with Crippen molar-refractivity contribution in [3.63, 3.8) is 0 Å². The first-order valence-corrected chi connectivity index (χ1v) is 6.26. The van der Waals surface area contributed by atoms with Gasteiger partial charge in [-0.25, -0.2) is 4.79 Å². The number of hydrogen-bond donors (Lipinski definition) is 1. The third kappa shape index (κ3) is 1.73. The molecular formula is C10H8ClN3O2S. The van der Waals surface area contributed by atoms with Gasteiger partial charge in [-0.2, -0.15) is 0 Å². The van der Waals surface area contributed by atoms with Crippen LogP contribution in [0.25, 0.3) is 10.2 Å². The number of aromatic nitrogens is 2. The van der Waals surface area contributed by atoms with Gasteiger partial charge in [0.2, 0.25) is 0 Å². The monoisotopic (exact) mass is 269 g/mol. The number of amides is 1. The Kier molecular flexibility index (Phi) is 2.41. The lowest BCUT2D eigenvalue weighted by Crippen LogP contribution is -2.34. The molecule has 7 heteroatoms. The normalized spacial score (nSPS) is 15.0. The highest BCUT2D eigenvalue weighted by atomic mass is 35.5. The van der Waals surface area contributed by atoms with E-state index in [1.165, 1.54) is 9.78 Å². The molecule has 5 nitrogen and oxygen atoms in total. The van der Waals surface area contributed by atoms with E-state index in [1.54, 1.807) is 17.4 Å². The summed E-state index contributed by atoms with van der Waals surface area (Å²) >= 11 is 7.39. The van der Waals surface area contributed by atoms with Gasteiger partial charge in [-0.3, -0.25) is 0 Å². The van der Waals surface area contributed by atoms with Crippen molar-refractivity contribution in [2.45, 2.75) is 13.0 Å². The van der Waals surface area contributed by atoms with E-state index in [4.69, 9.17) is 16.7 Å². The summed E-state index contributed by atoms with van der Waals surface area (Å²) in [7, 11) is 0. The van der Waals surface area contributed by atoms with E-state index in [2.05, 4.69) is 10.2 Å². The molecule has 0 aliphatic carbocycles. The Morgan fingerprint density at radius 3 is 3.12 bits per heavy atom. The van der Waals surface area contributed by atoms with Gasteiger partial charge in [-0.05, 0) is 18.1 Å². The Morgan fingerprint density at radius 2 is 2.35 bits per heavy atom. The molecule has 0 unspecified atom stereocenters. The zero-order valence-electron chi connectivity index (χ0n) is 8.68. The maximum atomic E-state index is 11.0. The van der Waals surface area contributed by atoms with E-state index in [-0.39, 0.29) is 0 Å². The molecule has 1 amide bonds. The SMILES string of the molecule is O=C(O)N1CCc2sc3nnc(Cl)cc3c2C1. The standard InChI is InChI=1S/C10H8ClN3O2S/c11-8-3-5-6-4-14(10(15)16)2-1-7(6)17-9(5)13-12-8/h3H,1-2,4H2,(H,15,16). The molecule has 0 fully saturated rings. The van der Waals surface area contributed by atoms with Gasteiger partial charge in [-0.1, -0.05) is 11.6 Å². The summed E-state index contributed by atoms with van der Waals surface area (Å²) in [5.41, 5.74) is 1.02. The number of carboxylic acid groups (broad SMARTS) is 1. The van der Waals surface area contributed by atoms with Gasteiger partial charge in [0.1, 0.15) is 4.83 Å². The van der Waals surface area contributed by atoms with Crippen LogP contribution in [0, 0.1) is 0 Å². The second-order valence-electron chi connectivity index (χ2n) is 3.84. The van der Waals surface area contributed by atoms with E-state index in [9.17, 15) is 4.79 Å². The summed E-state index contributed by atoms with van der Waals surface area (Å²) in [6, 6.07) is 1.75. The molecule has 1 aliphatic rings. The summed E-state index contributed by atoms with van der Waals surface area (Å²) < 4.78 is 0. The average Bonchev–Trinajstić information content (AvgIpc) is 2.66. The topological polar surface area (TPSA) is 66.3 Å². The number of hydrogen-bond acceptors (Lipinski definition) is 4. The first kappa shape index (κ1) is 10.7. The van der Waals surface area contributed by atoms with E-state index in [1.807, 2.05) is 0 Å². The van der Waals surface area contributed by atoms with Crippen molar-refractivity contribution in [2.75, 3.05) is 6.54 Å². The van der Waals surface area contributed by atoms with Crippen LogP contribution in [0.4, 0.5) is 4.79 Å². The molecule has 0 aromatic carbocycles. The quantitative estimate of drug-likeness (QED) is 0.797. The van der Waals surface area contributed by atoms with Crippen LogP contribution >= 0.6 is 22.9 Å². The lowest BCUT2D eigenvalue weighted by molar-refractivity contribution is 0.140. The summed E-state index contributed by atoms with van der Waals surface area (Å²) in [6.07, 6.45) is -0.150. The van der Waals surface area contributed by atoms with Crippen LogP contribution in [0.2, 0.25) is 5.15 Å². The fourth-order valence-corrected chi connectivity index (χ4v) is 3.27. The van der Waals surface area contributed by atoms with Crippen molar-refractivity contribution >= 4 is 39.2 Å². The van der Waals surface area contributed by atoms with Crippen LogP contribution in [-0.2, 0) is 13.0 Å². The van der Waals surface area contributed by atoms with Crippen LogP contribution in [-0.4, -0.2) is 32.8 Å². The largest absolute Gasteiger partial charge is 0.465 e. The second kappa shape index (κ2) is 3.82. The molecule has 0 bridgehead atoms. The van der Waals surface area contributed by atoms with Gasteiger partial charge in [0.25, 0.3) is 0 Å². The van der Waals surface area contributed by atoms with E-state index >= 15 is 0 Å². The molecule has 0 radical (unpaired) electrons. The molecule has 3 rings (SSSR count). The lowest BCUT2D eigenvalue weighted by atomic mass is 10.1. The van der Waals surface area contributed by atoms with Gasteiger partial charge < -0.3 is 10.0 Å². The third-order valence-electron chi connectivity index (χ3n) is 2.84. The number of carbonyl (C=O) groups is 1. The molecule has 3 heterocycles. The predicted molar refractivity (Wildman–Crippen MR) is 64.6 cm³/mol. The highest BCUT2D eigenvalue weighted by molar-refractivity contribution is 7.18. The van der Waals surface area contributed by atoms with Gasteiger partial charge in [0.05, 0.1) is 6.54 Å². The molecule has 0 saturated heterocycles. The molecule has 88 valence electrons. The molecule has 2 aromatic heterocycles. The number of halogens is 1. The van der Waals surface area contributed by atoms with Crippen LogP contribution in [0.1, 0.15) is 10.4 Å². The minimum absolute atomic E-state index is 0.338. The Labute approximate surface area is 106 Å². The van der Waals surface area contributed by atoms with Gasteiger partial charge in [0.15, 0.2) is 5.15 Å². The fraction of sp³-hybridized carbons (Fsp3) is 0.300. The summed E-state index contributed by atoms with van der Waals surface area (Å²) in [4.78, 5) is 14.4. The van der Waals surface area contributed by atoms with Crippen molar-refractivity contribution in [1.29, 1.82) is 0 Å². The summed E-state index contributed by atoms with van der Waals surface area (Å²) in [5.74, 6) is 0. The number of nitrogens with zero attached hydrogens (tertiary/aromatic N) is 3. The maximum Gasteiger partial charge on any atom is 0.407 e. The van der Waals surface area contributed by atoms with Crippen molar-refractivity contribution in [3.8, 4) is 0 Å². The summed E-state index contributed by atoms with van der Waals surface area (Å²) in [5, 5.41) is 18.1. The molecule has 0 spiro atoms. The van der Waals surface area contributed by atoms with E-state index in [0.717, 1.165) is 22.2 Å². The minimum Gasteiger partial charge on any atom is -0.465 e. The zero-order chi connectivity index (χ0) is 12.0. The second-order valence-corrected chi connectivity index (χ2v) is 5.31. The van der Waals surface area contributed by atoms with Crippen molar-refractivity contribution in [2.24, 2.45) is 0 Å². The minimum atomic E-state index is -0.886. The average molecular weight is 270 g/mol. The Morgan fingerprint density at radius 1 is 1.53 bits per heavy atom. The first-order valence-electron chi connectivity index (χ1n) is 5.06. The molecule has 17 heavy (non-hydrogen) atoms. The highest BCUT2D eigenvalue weighted by Gasteiger charge is 2.24. The summed E-state index contributed by atoms with van der Waals surface area (Å²) in [6.45, 7) is 0.947. The molecule has 0 saturated carbocycles. The van der Waals surface area contributed by atoms with Crippen LogP contribution in [0.3, 0.4) is 0 Å². The van der Waals surface area contributed by atoms with Gasteiger partial charge in [0, 0.05) is 16.8 Å². The highest BCUT2D eigenvalue weighted by Crippen LogP contribution is 2.34. The van der Waals surface area contributed by atoms with E-state index in [0.29, 0.717) is 18.2 Å². The zero-order valence-corrected chi connectivity index (χ0v) is 10.3. The third-order valence-corrected chi connectivity index (χ3v) is 4.22. The fourth-order valence-electron chi connectivity index (χ4n) is 2.02. The van der Waals surface area contributed by atoms with E-state index < -0.39 is 6.09 Å². The van der Waals surface area contributed by atoms with Gasteiger partial charge >= 0.3 is 6.09 Å². The maximum absolute atomic E-state index is 11.0.